The molecule has 152 valence electrons. The second kappa shape index (κ2) is 9.91. The SMILES string of the molecule is CN=C(NCc1cccc2cccnc12)NC1CCN(c2ccc(C)cc2)C1.I. The van der Waals surface area contributed by atoms with Crippen molar-refractivity contribution in [3.63, 3.8) is 0 Å². The summed E-state index contributed by atoms with van der Waals surface area (Å²) in [6.45, 7) is 4.87. The van der Waals surface area contributed by atoms with Crippen LogP contribution in [0.2, 0.25) is 0 Å². The van der Waals surface area contributed by atoms with Crippen LogP contribution < -0.4 is 15.5 Å². The molecule has 2 N–H and O–H groups in total. The van der Waals surface area contributed by atoms with Gasteiger partial charge in [0.1, 0.15) is 0 Å². The molecular formula is C23H28IN5. The van der Waals surface area contributed by atoms with Gasteiger partial charge in [-0.2, -0.15) is 0 Å². The maximum atomic E-state index is 4.53. The number of rotatable bonds is 4. The second-order valence-electron chi connectivity index (χ2n) is 7.33. The number of para-hydroxylation sites is 1. The Kier molecular flexibility index (Phi) is 7.30. The molecule has 1 unspecified atom stereocenters. The maximum absolute atomic E-state index is 4.53. The molecule has 1 aromatic heterocycles. The van der Waals surface area contributed by atoms with Gasteiger partial charge in [-0.25, -0.2) is 0 Å². The lowest BCUT2D eigenvalue weighted by atomic mass is 10.1. The van der Waals surface area contributed by atoms with E-state index in [1.165, 1.54) is 16.8 Å². The Balaban J connectivity index is 0.00000240. The Morgan fingerprint density at radius 1 is 1.14 bits per heavy atom. The quantitative estimate of drug-likeness (QED) is 0.321. The minimum atomic E-state index is 0. The molecule has 6 heteroatoms. The number of aryl methyl sites for hydroxylation is 1. The summed E-state index contributed by atoms with van der Waals surface area (Å²) in [6, 6.07) is 19.5. The lowest BCUT2D eigenvalue weighted by Gasteiger charge is -2.20. The van der Waals surface area contributed by atoms with Crippen LogP contribution in [0.4, 0.5) is 5.69 Å². The van der Waals surface area contributed by atoms with Gasteiger partial charge in [0.2, 0.25) is 0 Å². The van der Waals surface area contributed by atoms with E-state index >= 15 is 0 Å². The number of pyridine rings is 1. The van der Waals surface area contributed by atoms with Gasteiger partial charge in [0.15, 0.2) is 5.96 Å². The molecule has 0 saturated carbocycles. The van der Waals surface area contributed by atoms with Gasteiger partial charge >= 0.3 is 0 Å². The summed E-state index contributed by atoms with van der Waals surface area (Å²) in [5.74, 6) is 0.837. The third-order valence-electron chi connectivity index (χ3n) is 5.31. The van der Waals surface area contributed by atoms with Gasteiger partial charge < -0.3 is 15.5 Å². The second-order valence-corrected chi connectivity index (χ2v) is 7.33. The van der Waals surface area contributed by atoms with Crippen molar-refractivity contribution in [3.8, 4) is 0 Å². The summed E-state index contributed by atoms with van der Waals surface area (Å²) < 4.78 is 0. The van der Waals surface area contributed by atoms with Gasteiger partial charge in [-0.3, -0.25) is 9.98 Å². The summed E-state index contributed by atoms with van der Waals surface area (Å²) in [4.78, 5) is 11.4. The molecule has 2 heterocycles. The molecule has 0 spiro atoms. The number of nitrogens with one attached hydrogen (secondary N) is 2. The number of anilines is 1. The Bertz CT molecular complexity index is 965. The fourth-order valence-corrected chi connectivity index (χ4v) is 3.75. The summed E-state index contributed by atoms with van der Waals surface area (Å²) >= 11 is 0. The minimum absolute atomic E-state index is 0. The highest BCUT2D eigenvalue weighted by atomic mass is 127. The van der Waals surface area contributed by atoms with E-state index < -0.39 is 0 Å². The normalized spacial score (nSPS) is 16.6. The van der Waals surface area contributed by atoms with E-state index in [1.807, 2.05) is 19.3 Å². The first-order valence-electron chi connectivity index (χ1n) is 9.84. The average Bonchev–Trinajstić information content (AvgIpc) is 3.20. The number of fused-ring (bicyclic) bond motifs is 1. The van der Waals surface area contributed by atoms with Crippen LogP contribution in [-0.4, -0.2) is 37.1 Å². The number of hydrogen-bond donors (Lipinski definition) is 2. The monoisotopic (exact) mass is 501 g/mol. The van der Waals surface area contributed by atoms with Gasteiger partial charge in [0, 0.05) is 50.0 Å². The van der Waals surface area contributed by atoms with Crippen molar-refractivity contribution >= 4 is 46.5 Å². The lowest BCUT2D eigenvalue weighted by molar-refractivity contribution is 0.649. The summed E-state index contributed by atoms with van der Waals surface area (Å²) in [7, 11) is 1.82. The summed E-state index contributed by atoms with van der Waals surface area (Å²) in [6.07, 6.45) is 2.95. The van der Waals surface area contributed by atoms with Gasteiger partial charge in [0.05, 0.1) is 5.52 Å². The highest BCUT2D eigenvalue weighted by Crippen LogP contribution is 2.21. The molecule has 5 nitrogen and oxygen atoms in total. The third kappa shape index (κ3) is 5.18. The minimum Gasteiger partial charge on any atom is -0.369 e. The first-order chi connectivity index (χ1) is 13.7. The number of benzene rings is 2. The molecule has 3 aromatic rings. The molecule has 0 bridgehead atoms. The molecule has 1 atom stereocenters. The van der Waals surface area contributed by atoms with Crippen LogP contribution in [0.25, 0.3) is 10.9 Å². The van der Waals surface area contributed by atoms with Crippen molar-refractivity contribution in [1.82, 2.24) is 15.6 Å². The largest absolute Gasteiger partial charge is 0.369 e. The van der Waals surface area contributed by atoms with Gasteiger partial charge in [-0.1, -0.05) is 42.0 Å². The number of hydrogen-bond acceptors (Lipinski definition) is 3. The maximum Gasteiger partial charge on any atom is 0.191 e. The van der Waals surface area contributed by atoms with Crippen LogP contribution in [0.1, 0.15) is 17.5 Å². The molecule has 4 rings (SSSR count). The van der Waals surface area contributed by atoms with Gasteiger partial charge in [-0.05, 0) is 37.1 Å². The number of guanidine groups is 1. The van der Waals surface area contributed by atoms with E-state index in [0.29, 0.717) is 12.6 Å². The zero-order valence-corrected chi connectivity index (χ0v) is 19.3. The van der Waals surface area contributed by atoms with Crippen molar-refractivity contribution in [1.29, 1.82) is 0 Å². The highest BCUT2D eigenvalue weighted by molar-refractivity contribution is 14.0. The molecule has 1 aliphatic heterocycles. The fourth-order valence-electron chi connectivity index (χ4n) is 3.75. The Morgan fingerprint density at radius 2 is 1.93 bits per heavy atom. The van der Waals surface area contributed by atoms with Crippen molar-refractivity contribution in [2.45, 2.75) is 25.9 Å². The van der Waals surface area contributed by atoms with Gasteiger partial charge in [-0.15, -0.1) is 24.0 Å². The molecule has 2 aromatic carbocycles. The summed E-state index contributed by atoms with van der Waals surface area (Å²) in [5, 5.41) is 8.18. The smallest absolute Gasteiger partial charge is 0.191 e. The number of aromatic nitrogens is 1. The first-order valence-corrected chi connectivity index (χ1v) is 9.84. The van der Waals surface area contributed by atoms with E-state index in [9.17, 15) is 0 Å². The molecular weight excluding hydrogens is 473 g/mol. The molecule has 0 aliphatic carbocycles. The van der Waals surface area contributed by atoms with E-state index in [2.05, 4.69) is 81.0 Å². The predicted octanol–water partition coefficient (Wildman–Crippen LogP) is 4.11. The van der Waals surface area contributed by atoms with Crippen LogP contribution in [0.5, 0.6) is 0 Å². The van der Waals surface area contributed by atoms with Gasteiger partial charge in [0.25, 0.3) is 0 Å². The Labute approximate surface area is 189 Å². The Morgan fingerprint density at radius 3 is 2.72 bits per heavy atom. The molecule has 29 heavy (non-hydrogen) atoms. The zero-order chi connectivity index (χ0) is 19.3. The first kappa shape index (κ1) is 21.4. The summed E-state index contributed by atoms with van der Waals surface area (Å²) in [5.41, 5.74) is 4.80. The van der Waals surface area contributed by atoms with Crippen molar-refractivity contribution in [2.24, 2.45) is 4.99 Å². The van der Waals surface area contributed by atoms with Crippen LogP contribution in [-0.2, 0) is 6.54 Å². The molecule has 0 amide bonds. The highest BCUT2D eigenvalue weighted by Gasteiger charge is 2.23. The van der Waals surface area contributed by atoms with Crippen LogP contribution >= 0.6 is 24.0 Å². The molecule has 1 aliphatic rings. The molecule has 0 radical (unpaired) electrons. The van der Waals surface area contributed by atoms with Crippen LogP contribution in [0.15, 0.2) is 65.8 Å². The predicted molar refractivity (Wildman–Crippen MR) is 132 cm³/mol. The third-order valence-corrected chi connectivity index (χ3v) is 5.31. The molecule has 1 fully saturated rings. The van der Waals surface area contributed by atoms with Crippen LogP contribution in [0, 0.1) is 6.92 Å². The van der Waals surface area contributed by atoms with E-state index in [-0.39, 0.29) is 24.0 Å². The van der Waals surface area contributed by atoms with Crippen LogP contribution in [0.3, 0.4) is 0 Å². The van der Waals surface area contributed by atoms with E-state index in [1.54, 1.807) is 0 Å². The fraction of sp³-hybridized carbons (Fsp3) is 0.304. The van der Waals surface area contributed by atoms with Crippen molar-refractivity contribution < 1.29 is 0 Å². The standard InChI is InChI=1S/C23H27N5.HI/c1-17-8-10-21(11-9-17)28-14-12-20(16-28)27-23(24-2)26-15-19-6-3-5-18-7-4-13-25-22(18)19;/h3-11,13,20H,12,14-16H2,1-2H3,(H2,24,26,27);1H. The van der Waals surface area contributed by atoms with Crippen molar-refractivity contribution in [2.75, 3.05) is 25.0 Å². The molecule has 1 saturated heterocycles. The number of halogens is 1. The lowest BCUT2D eigenvalue weighted by Crippen LogP contribution is -2.44. The topological polar surface area (TPSA) is 52.6 Å². The van der Waals surface area contributed by atoms with E-state index in [0.717, 1.165) is 36.4 Å². The van der Waals surface area contributed by atoms with E-state index in [4.69, 9.17) is 0 Å². The number of aliphatic imine (C=N–C) groups is 1. The van der Waals surface area contributed by atoms with Crippen molar-refractivity contribution in [3.05, 3.63) is 71.9 Å². The number of nitrogens with zero attached hydrogens (tertiary/aromatic N) is 3. The Hall–Kier alpha value is -2.35. The zero-order valence-electron chi connectivity index (χ0n) is 16.9. The average molecular weight is 501 g/mol.